The fourth-order valence-electron chi connectivity index (χ4n) is 9.01. The smallest absolute Gasteiger partial charge is 0.351 e. The van der Waals surface area contributed by atoms with Crippen molar-refractivity contribution in [3.63, 3.8) is 0 Å². The Morgan fingerprint density at radius 3 is 2.20 bits per heavy atom. The van der Waals surface area contributed by atoms with Crippen LogP contribution in [0.25, 0.3) is 0 Å². The number of hydrogen-bond donors (Lipinski definition) is 1. The highest BCUT2D eigenvalue weighted by Gasteiger charge is 2.83. The number of hydrogen-bond acceptors (Lipinski definition) is 14. The van der Waals surface area contributed by atoms with Gasteiger partial charge >= 0.3 is 29.8 Å². The van der Waals surface area contributed by atoms with Gasteiger partial charge in [0.25, 0.3) is 0 Å². The molecule has 1 aromatic heterocycles. The molecule has 4 fully saturated rings. The number of methoxy groups -OCH3 is 1. The standard InChI is InChI=1S/C36H44O14/c1-11-16(2)31(42)48-24-28(46-18(4)37)33(6,7)21(14-22(39)44-10)34(8)25(40)23-17(3)36(50-29(24)34)30(47-19(5)38)32(43)49-27(20-12-13-45-15-20)35(36,9)26(23)41/h11-13,15,21,23-24,26-30,41H,3,14H2,1-2,4-10H3/t21-,23-,24-,26-,27-,28-,29-,30+,34-,35-,36+/m0/s1. The molecular formula is C36H44O14. The summed E-state index contributed by atoms with van der Waals surface area (Å²) in [5.41, 5.74) is -6.72. The molecule has 14 nitrogen and oxygen atoms in total. The van der Waals surface area contributed by atoms with E-state index in [2.05, 4.69) is 6.58 Å². The molecule has 1 spiro atoms. The van der Waals surface area contributed by atoms with Gasteiger partial charge in [-0.2, -0.15) is 0 Å². The number of ether oxygens (including phenoxy) is 6. The van der Waals surface area contributed by atoms with Gasteiger partial charge in [-0.15, -0.1) is 0 Å². The fourth-order valence-corrected chi connectivity index (χ4v) is 9.01. The van der Waals surface area contributed by atoms with Crippen molar-refractivity contribution >= 4 is 35.6 Å². The summed E-state index contributed by atoms with van der Waals surface area (Å²) in [5, 5.41) is 12.4. The van der Waals surface area contributed by atoms with E-state index >= 15 is 4.79 Å². The van der Waals surface area contributed by atoms with E-state index in [-0.39, 0.29) is 17.6 Å². The Balaban J connectivity index is 1.88. The van der Waals surface area contributed by atoms with Crippen LogP contribution in [0.2, 0.25) is 0 Å². The van der Waals surface area contributed by atoms with E-state index in [4.69, 9.17) is 32.8 Å². The number of allylic oxidation sites excluding steroid dienone is 1. The quantitative estimate of drug-likeness (QED) is 0.189. The molecule has 0 amide bonds. The predicted molar refractivity (Wildman–Crippen MR) is 169 cm³/mol. The van der Waals surface area contributed by atoms with E-state index in [1.807, 2.05) is 0 Å². The van der Waals surface area contributed by atoms with Gasteiger partial charge in [0, 0.05) is 30.4 Å². The first-order valence-corrected chi connectivity index (χ1v) is 16.3. The fraction of sp³-hybridized carbons (Fsp3) is 0.611. The minimum absolute atomic E-state index is 0.0853. The number of Topliss-reactive ketones (excluding diaryl/α,β-unsaturated/α-hetero) is 1. The Hall–Kier alpha value is -4.30. The van der Waals surface area contributed by atoms with Crippen molar-refractivity contribution in [3.05, 3.63) is 48.0 Å². The molecule has 2 aliphatic heterocycles. The summed E-state index contributed by atoms with van der Waals surface area (Å²) in [7, 11) is 1.18. The third-order valence-electron chi connectivity index (χ3n) is 11.6. The highest BCUT2D eigenvalue weighted by Crippen LogP contribution is 2.71. The summed E-state index contributed by atoms with van der Waals surface area (Å²) in [6.45, 7) is 16.0. The molecule has 0 aromatic carbocycles. The van der Waals surface area contributed by atoms with E-state index in [0.29, 0.717) is 5.56 Å². The van der Waals surface area contributed by atoms with E-state index in [1.54, 1.807) is 20.8 Å². The third-order valence-corrected chi connectivity index (χ3v) is 11.6. The maximum absolute atomic E-state index is 15.4. The van der Waals surface area contributed by atoms with Crippen LogP contribution in [0.3, 0.4) is 0 Å². The van der Waals surface area contributed by atoms with Gasteiger partial charge in [-0.3, -0.25) is 19.2 Å². The Morgan fingerprint density at radius 1 is 1.02 bits per heavy atom. The summed E-state index contributed by atoms with van der Waals surface area (Å²) in [5.74, 6) is -7.42. The Labute approximate surface area is 289 Å². The van der Waals surface area contributed by atoms with E-state index in [1.165, 1.54) is 52.5 Å². The van der Waals surface area contributed by atoms with Crippen LogP contribution in [0.15, 0.2) is 46.8 Å². The van der Waals surface area contributed by atoms with Crippen molar-refractivity contribution in [2.24, 2.45) is 28.1 Å². The second-order valence-corrected chi connectivity index (χ2v) is 14.5. The van der Waals surface area contributed by atoms with Gasteiger partial charge in [-0.05, 0) is 45.3 Å². The zero-order valence-corrected chi connectivity index (χ0v) is 29.6. The minimum Gasteiger partial charge on any atom is -0.472 e. The Kier molecular flexibility index (Phi) is 9.23. The van der Waals surface area contributed by atoms with Gasteiger partial charge in [0.1, 0.15) is 23.9 Å². The molecule has 0 unspecified atom stereocenters. The predicted octanol–water partition coefficient (Wildman–Crippen LogP) is 3.10. The number of carbonyl (C=O) groups is 6. The number of esters is 5. The summed E-state index contributed by atoms with van der Waals surface area (Å²) in [4.78, 5) is 81.4. The lowest BCUT2D eigenvalue weighted by atomic mass is 9.49. The number of furan rings is 1. The molecule has 14 heteroatoms. The minimum atomic E-state index is -2.21. The summed E-state index contributed by atoms with van der Waals surface area (Å²) in [6.07, 6.45) is -5.62. The van der Waals surface area contributed by atoms with Crippen molar-refractivity contribution < 1.29 is 66.7 Å². The number of aliphatic hydroxyl groups is 1. The van der Waals surface area contributed by atoms with Crippen LogP contribution in [0, 0.1) is 28.1 Å². The van der Waals surface area contributed by atoms with Crippen LogP contribution in [0.5, 0.6) is 0 Å². The van der Waals surface area contributed by atoms with Crippen molar-refractivity contribution in [2.45, 2.75) is 104 Å². The topological polar surface area (TPSA) is 191 Å². The molecule has 2 bridgehead atoms. The SMILES string of the molecule is C=C1[C@H]2C(=O)[C@@]3(C)[C@@H](O[C@@]14[C@H](OC(C)=O)C(=O)O[C@@H](c1ccoc1)[C@]4(C)[C@H]2O)[C@@H](OC(=O)C(C)=CC)[C@H](OC(C)=O)C(C)(C)[C@@H]3CC(=O)OC. The van der Waals surface area contributed by atoms with Crippen LogP contribution in [-0.4, -0.2) is 84.0 Å². The molecule has 50 heavy (non-hydrogen) atoms. The van der Waals surface area contributed by atoms with Crippen molar-refractivity contribution in [2.75, 3.05) is 7.11 Å². The Morgan fingerprint density at radius 2 is 1.66 bits per heavy atom. The van der Waals surface area contributed by atoms with Crippen LogP contribution in [0.1, 0.15) is 73.5 Å². The summed E-state index contributed by atoms with van der Waals surface area (Å²) < 4.78 is 41.0. The zero-order chi connectivity index (χ0) is 37.3. The van der Waals surface area contributed by atoms with Crippen molar-refractivity contribution in [1.82, 2.24) is 0 Å². The lowest BCUT2D eigenvalue weighted by molar-refractivity contribution is -0.316. The van der Waals surface area contributed by atoms with Gasteiger partial charge in [-0.1, -0.05) is 26.5 Å². The van der Waals surface area contributed by atoms with Gasteiger partial charge in [0.05, 0.1) is 48.9 Å². The molecule has 1 N–H and O–H groups in total. The van der Waals surface area contributed by atoms with Crippen molar-refractivity contribution in [3.8, 4) is 0 Å². The molecule has 1 aromatic rings. The number of carbonyl (C=O) groups excluding carboxylic acids is 6. The average Bonchev–Trinajstić information content (AvgIpc) is 3.62. The van der Waals surface area contributed by atoms with E-state index in [9.17, 15) is 29.1 Å². The summed E-state index contributed by atoms with van der Waals surface area (Å²) >= 11 is 0. The second kappa shape index (κ2) is 12.5. The van der Waals surface area contributed by atoms with Crippen molar-refractivity contribution in [1.29, 1.82) is 0 Å². The average molecular weight is 701 g/mol. The van der Waals surface area contributed by atoms with Gasteiger partial charge < -0.3 is 37.9 Å². The molecule has 0 radical (unpaired) electrons. The Bertz CT molecular complexity index is 1660. The number of rotatable bonds is 7. The monoisotopic (exact) mass is 700 g/mol. The summed E-state index contributed by atoms with van der Waals surface area (Å²) in [6, 6.07) is 1.51. The molecule has 2 saturated carbocycles. The van der Waals surface area contributed by atoms with E-state index in [0.717, 1.165) is 13.8 Å². The van der Waals surface area contributed by atoms with Crippen LogP contribution in [0.4, 0.5) is 0 Å². The van der Waals surface area contributed by atoms with Crippen LogP contribution >= 0.6 is 0 Å². The molecule has 4 aliphatic rings. The van der Waals surface area contributed by atoms with Crippen LogP contribution < -0.4 is 0 Å². The largest absolute Gasteiger partial charge is 0.472 e. The van der Waals surface area contributed by atoms with Crippen LogP contribution in [-0.2, 0) is 57.2 Å². The molecule has 272 valence electrons. The molecule has 3 heterocycles. The van der Waals surface area contributed by atoms with Gasteiger partial charge in [-0.25, -0.2) is 9.59 Å². The maximum atomic E-state index is 15.4. The number of cyclic esters (lactones) is 1. The maximum Gasteiger partial charge on any atom is 0.351 e. The lowest BCUT2D eigenvalue weighted by Gasteiger charge is -2.62. The number of fused-ring (bicyclic) bond motifs is 2. The molecule has 2 saturated heterocycles. The van der Waals surface area contributed by atoms with Gasteiger partial charge in [0.15, 0.2) is 11.9 Å². The highest BCUT2D eigenvalue weighted by atomic mass is 16.6. The van der Waals surface area contributed by atoms with Gasteiger partial charge in [0.2, 0.25) is 6.10 Å². The zero-order valence-electron chi connectivity index (χ0n) is 29.6. The molecule has 5 rings (SSSR count). The van der Waals surface area contributed by atoms with E-state index < -0.39 is 106 Å². The molecule has 11 atom stereocenters. The normalized spacial score (nSPS) is 38.9. The first-order valence-electron chi connectivity index (χ1n) is 16.3. The molecule has 2 aliphatic carbocycles. The number of aliphatic hydroxyl groups excluding tert-OH is 1. The second-order valence-electron chi connectivity index (χ2n) is 14.5. The number of ketones is 1. The highest BCUT2D eigenvalue weighted by molar-refractivity contribution is 5.95. The first kappa shape index (κ1) is 37.0. The molecular weight excluding hydrogens is 656 g/mol. The lowest BCUT2D eigenvalue weighted by Crippen LogP contribution is -2.74. The first-order chi connectivity index (χ1) is 23.3. The third kappa shape index (κ3) is 4.96.